The number of rotatable bonds is 5. The number of nitrogens with two attached hydrogens (primary N) is 1. The van der Waals surface area contributed by atoms with E-state index in [0.29, 0.717) is 6.04 Å². The van der Waals surface area contributed by atoms with Crippen LogP contribution in [0.1, 0.15) is 38.5 Å². The van der Waals surface area contributed by atoms with Gasteiger partial charge in [-0.25, -0.2) is 0 Å². The van der Waals surface area contributed by atoms with Gasteiger partial charge < -0.3 is 10.6 Å². The van der Waals surface area contributed by atoms with Crippen LogP contribution in [0.2, 0.25) is 0 Å². The van der Waals surface area contributed by atoms with Crippen LogP contribution in [0.15, 0.2) is 0 Å². The first kappa shape index (κ1) is 13.8. The van der Waals surface area contributed by atoms with Gasteiger partial charge in [-0.15, -0.1) is 0 Å². The molecule has 1 atom stereocenters. The smallest absolute Gasteiger partial charge is 0.239 e. The maximum Gasteiger partial charge on any atom is 0.239 e. The zero-order valence-corrected chi connectivity index (χ0v) is 11.3. The van der Waals surface area contributed by atoms with Crippen LogP contribution in [0.25, 0.3) is 0 Å². The molecule has 0 aliphatic heterocycles. The Morgan fingerprint density at radius 3 is 2.62 bits per heavy atom. The first-order valence-corrected chi connectivity index (χ1v) is 7.57. The number of thioether (sulfide) groups is 1. The summed E-state index contributed by atoms with van der Waals surface area (Å²) in [6, 6.07) is 0.126. The topological polar surface area (TPSA) is 46.3 Å². The summed E-state index contributed by atoms with van der Waals surface area (Å²) in [6.45, 7) is 0. The summed E-state index contributed by atoms with van der Waals surface area (Å²) in [7, 11) is 1.91. The summed E-state index contributed by atoms with van der Waals surface area (Å²) in [5, 5.41) is 0. The molecular formula is C12H24N2OS. The fourth-order valence-corrected chi connectivity index (χ4v) is 2.77. The fraction of sp³-hybridized carbons (Fsp3) is 0.917. The molecular weight excluding hydrogens is 220 g/mol. The average molecular weight is 244 g/mol. The number of hydrogen-bond acceptors (Lipinski definition) is 3. The third kappa shape index (κ3) is 3.98. The number of carbonyl (C=O) groups is 1. The molecule has 0 aromatic carbocycles. The van der Waals surface area contributed by atoms with Gasteiger partial charge >= 0.3 is 0 Å². The van der Waals surface area contributed by atoms with Crippen LogP contribution in [0, 0.1) is 0 Å². The molecule has 4 heteroatoms. The third-order valence-electron chi connectivity index (χ3n) is 3.42. The van der Waals surface area contributed by atoms with Crippen molar-refractivity contribution < 1.29 is 4.79 Å². The van der Waals surface area contributed by atoms with E-state index in [1.807, 2.05) is 18.2 Å². The van der Waals surface area contributed by atoms with Crippen LogP contribution in [0.3, 0.4) is 0 Å². The lowest BCUT2D eigenvalue weighted by Crippen LogP contribution is -2.47. The lowest BCUT2D eigenvalue weighted by molar-refractivity contribution is -0.134. The Hall–Kier alpha value is -0.220. The van der Waals surface area contributed by atoms with Gasteiger partial charge in [0.2, 0.25) is 5.91 Å². The van der Waals surface area contributed by atoms with E-state index in [-0.39, 0.29) is 11.9 Å². The second-order valence-corrected chi connectivity index (χ2v) is 5.61. The number of hydrogen-bond donors (Lipinski definition) is 1. The molecule has 0 radical (unpaired) electrons. The molecule has 1 amide bonds. The molecule has 1 fully saturated rings. The molecule has 94 valence electrons. The summed E-state index contributed by atoms with van der Waals surface area (Å²) in [5.74, 6) is 1.09. The molecule has 0 aromatic rings. The highest BCUT2D eigenvalue weighted by atomic mass is 32.2. The molecule has 0 spiro atoms. The minimum Gasteiger partial charge on any atom is -0.341 e. The molecule has 1 saturated carbocycles. The fourth-order valence-electron chi connectivity index (χ4n) is 2.28. The van der Waals surface area contributed by atoms with E-state index >= 15 is 0 Å². The van der Waals surface area contributed by atoms with Crippen molar-refractivity contribution in [1.82, 2.24) is 4.90 Å². The number of amides is 1. The second kappa shape index (κ2) is 7.17. The lowest BCUT2D eigenvalue weighted by Gasteiger charge is -2.32. The number of nitrogens with zero attached hydrogens (tertiary/aromatic N) is 1. The van der Waals surface area contributed by atoms with Crippen LogP contribution in [0.5, 0.6) is 0 Å². The van der Waals surface area contributed by atoms with Crippen molar-refractivity contribution in [2.24, 2.45) is 5.73 Å². The molecule has 16 heavy (non-hydrogen) atoms. The maximum atomic E-state index is 12.0. The van der Waals surface area contributed by atoms with Gasteiger partial charge in [-0.3, -0.25) is 4.79 Å². The normalized spacial score (nSPS) is 19.4. The van der Waals surface area contributed by atoms with Crippen molar-refractivity contribution in [2.75, 3.05) is 19.1 Å². The molecule has 1 aliphatic carbocycles. The molecule has 1 rings (SSSR count). The Balaban J connectivity index is 2.38. The molecule has 0 heterocycles. The van der Waals surface area contributed by atoms with Crippen LogP contribution in [0.4, 0.5) is 0 Å². The second-order valence-electron chi connectivity index (χ2n) is 4.63. The van der Waals surface area contributed by atoms with Crippen molar-refractivity contribution in [1.29, 1.82) is 0 Å². The third-order valence-corrected chi connectivity index (χ3v) is 4.06. The monoisotopic (exact) mass is 244 g/mol. The molecule has 0 saturated heterocycles. The first-order valence-electron chi connectivity index (χ1n) is 6.18. The Bertz CT molecular complexity index is 217. The summed E-state index contributed by atoms with van der Waals surface area (Å²) < 4.78 is 0. The zero-order chi connectivity index (χ0) is 12.0. The standard InChI is InChI=1S/C12H24N2OS/c1-14(10-6-4-3-5-7-10)12(15)11(13)8-9-16-2/h10-11H,3-9,13H2,1-2H3/t11-/m0/s1. The molecule has 3 nitrogen and oxygen atoms in total. The minimum atomic E-state index is -0.306. The highest BCUT2D eigenvalue weighted by molar-refractivity contribution is 7.98. The minimum absolute atomic E-state index is 0.126. The summed E-state index contributed by atoms with van der Waals surface area (Å²) >= 11 is 1.74. The van der Waals surface area contributed by atoms with E-state index in [9.17, 15) is 4.79 Å². The molecule has 0 aromatic heterocycles. The van der Waals surface area contributed by atoms with Gasteiger partial charge in [0.15, 0.2) is 0 Å². The molecule has 2 N–H and O–H groups in total. The van der Waals surface area contributed by atoms with Crippen LogP contribution < -0.4 is 5.73 Å². The highest BCUT2D eigenvalue weighted by Gasteiger charge is 2.25. The van der Waals surface area contributed by atoms with Gasteiger partial charge in [0.1, 0.15) is 0 Å². The van der Waals surface area contributed by atoms with Crippen LogP contribution in [-0.2, 0) is 4.79 Å². The quantitative estimate of drug-likeness (QED) is 0.803. The Kier molecular flexibility index (Phi) is 6.21. The molecule has 1 aliphatic rings. The van der Waals surface area contributed by atoms with E-state index in [2.05, 4.69) is 0 Å². The SMILES string of the molecule is CSCC[C@H](N)C(=O)N(C)C1CCCCC1. The van der Waals surface area contributed by atoms with Crippen molar-refractivity contribution in [3.8, 4) is 0 Å². The van der Waals surface area contributed by atoms with Crippen molar-refractivity contribution in [3.05, 3.63) is 0 Å². The van der Waals surface area contributed by atoms with E-state index in [0.717, 1.165) is 25.0 Å². The van der Waals surface area contributed by atoms with Gasteiger partial charge in [-0.2, -0.15) is 11.8 Å². The lowest BCUT2D eigenvalue weighted by atomic mass is 9.94. The van der Waals surface area contributed by atoms with Crippen molar-refractivity contribution in [2.45, 2.75) is 50.6 Å². The Labute approximate surface area is 103 Å². The molecule has 0 unspecified atom stereocenters. The van der Waals surface area contributed by atoms with Gasteiger partial charge in [0.05, 0.1) is 6.04 Å². The Morgan fingerprint density at radius 2 is 2.06 bits per heavy atom. The predicted molar refractivity (Wildman–Crippen MR) is 70.6 cm³/mol. The number of likely N-dealkylation sites (N-methyl/N-ethyl adjacent to an activating group) is 1. The molecule has 0 bridgehead atoms. The summed E-state index contributed by atoms with van der Waals surface area (Å²) in [5.41, 5.74) is 5.91. The van der Waals surface area contributed by atoms with Crippen LogP contribution >= 0.6 is 11.8 Å². The van der Waals surface area contributed by atoms with Gasteiger partial charge in [0.25, 0.3) is 0 Å². The Morgan fingerprint density at radius 1 is 1.44 bits per heavy atom. The highest BCUT2D eigenvalue weighted by Crippen LogP contribution is 2.22. The van der Waals surface area contributed by atoms with E-state index in [1.165, 1.54) is 19.3 Å². The van der Waals surface area contributed by atoms with Gasteiger partial charge in [-0.05, 0) is 31.3 Å². The summed E-state index contributed by atoms with van der Waals surface area (Å²) in [4.78, 5) is 13.9. The van der Waals surface area contributed by atoms with Crippen molar-refractivity contribution >= 4 is 17.7 Å². The van der Waals surface area contributed by atoms with Gasteiger partial charge in [0, 0.05) is 13.1 Å². The maximum absolute atomic E-state index is 12.0. The van der Waals surface area contributed by atoms with Crippen LogP contribution in [-0.4, -0.2) is 41.9 Å². The van der Waals surface area contributed by atoms with Crippen molar-refractivity contribution in [3.63, 3.8) is 0 Å². The average Bonchev–Trinajstić information content (AvgIpc) is 2.35. The van der Waals surface area contributed by atoms with E-state index < -0.39 is 0 Å². The number of carbonyl (C=O) groups excluding carboxylic acids is 1. The zero-order valence-electron chi connectivity index (χ0n) is 10.4. The van der Waals surface area contributed by atoms with E-state index in [1.54, 1.807) is 11.8 Å². The van der Waals surface area contributed by atoms with Gasteiger partial charge in [-0.1, -0.05) is 19.3 Å². The van der Waals surface area contributed by atoms with E-state index in [4.69, 9.17) is 5.73 Å². The predicted octanol–water partition coefficient (Wildman–Crippen LogP) is 1.86. The first-order chi connectivity index (χ1) is 7.66. The summed E-state index contributed by atoms with van der Waals surface area (Å²) in [6.07, 6.45) is 8.95. The largest absolute Gasteiger partial charge is 0.341 e.